The SMILES string of the molecule is COCCCN(C)Cc1ccc(CNCC(C)C)s1. The first-order valence-corrected chi connectivity index (χ1v) is 7.89. The van der Waals surface area contributed by atoms with Crippen molar-refractivity contribution in [2.75, 3.05) is 33.9 Å². The summed E-state index contributed by atoms with van der Waals surface area (Å²) < 4.78 is 5.08. The van der Waals surface area contributed by atoms with Crippen LogP contribution in [0, 0.1) is 5.92 Å². The van der Waals surface area contributed by atoms with Crippen LogP contribution >= 0.6 is 11.3 Å². The lowest BCUT2D eigenvalue weighted by atomic mass is 10.2. The molecule has 1 heterocycles. The monoisotopic (exact) mass is 284 g/mol. The third kappa shape index (κ3) is 7.67. The van der Waals surface area contributed by atoms with E-state index < -0.39 is 0 Å². The van der Waals surface area contributed by atoms with Gasteiger partial charge >= 0.3 is 0 Å². The molecule has 0 fully saturated rings. The van der Waals surface area contributed by atoms with Gasteiger partial charge in [-0.15, -0.1) is 11.3 Å². The van der Waals surface area contributed by atoms with Crippen LogP contribution in [0.5, 0.6) is 0 Å². The highest BCUT2D eigenvalue weighted by Crippen LogP contribution is 2.18. The van der Waals surface area contributed by atoms with Crippen LogP contribution in [0.15, 0.2) is 12.1 Å². The van der Waals surface area contributed by atoms with E-state index in [1.54, 1.807) is 7.11 Å². The quantitative estimate of drug-likeness (QED) is 0.669. The minimum absolute atomic E-state index is 0.714. The van der Waals surface area contributed by atoms with Crippen molar-refractivity contribution < 1.29 is 4.74 Å². The molecule has 4 heteroatoms. The van der Waals surface area contributed by atoms with Gasteiger partial charge in [-0.05, 0) is 38.1 Å². The summed E-state index contributed by atoms with van der Waals surface area (Å²) >= 11 is 1.92. The number of ether oxygens (including phenoxy) is 1. The molecule has 0 aliphatic carbocycles. The van der Waals surface area contributed by atoms with Crippen LogP contribution < -0.4 is 5.32 Å². The minimum Gasteiger partial charge on any atom is -0.385 e. The van der Waals surface area contributed by atoms with Crippen molar-refractivity contribution in [1.82, 2.24) is 10.2 Å². The smallest absolute Gasteiger partial charge is 0.0474 e. The van der Waals surface area contributed by atoms with E-state index in [1.165, 1.54) is 9.75 Å². The van der Waals surface area contributed by atoms with Gasteiger partial charge in [-0.3, -0.25) is 0 Å². The maximum absolute atomic E-state index is 5.08. The van der Waals surface area contributed by atoms with Crippen molar-refractivity contribution in [3.05, 3.63) is 21.9 Å². The summed E-state index contributed by atoms with van der Waals surface area (Å²) in [6, 6.07) is 4.50. The Morgan fingerprint density at radius 2 is 2.05 bits per heavy atom. The van der Waals surface area contributed by atoms with Crippen molar-refractivity contribution in [2.24, 2.45) is 5.92 Å². The molecule has 0 amide bonds. The van der Waals surface area contributed by atoms with Crippen molar-refractivity contribution in [3.8, 4) is 0 Å². The molecule has 1 aromatic heterocycles. The molecule has 0 unspecified atom stereocenters. The summed E-state index contributed by atoms with van der Waals surface area (Å²) in [6.07, 6.45) is 1.10. The highest BCUT2D eigenvalue weighted by Gasteiger charge is 2.04. The Hall–Kier alpha value is -0.420. The second kappa shape index (κ2) is 9.48. The van der Waals surface area contributed by atoms with Crippen LogP contribution in [-0.2, 0) is 17.8 Å². The average molecular weight is 284 g/mol. The van der Waals surface area contributed by atoms with Crippen molar-refractivity contribution >= 4 is 11.3 Å². The zero-order valence-corrected chi connectivity index (χ0v) is 13.6. The van der Waals surface area contributed by atoms with Crippen LogP contribution in [0.2, 0.25) is 0 Å². The van der Waals surface area contributed by atoms with Gasteiger partial charge in [-0.25, -0.2) is 0 Å². The first-order valence-electron chi connectivity index (χ1n) is 7.07. The largest absolute Gasteiger partial charge is 0.385 e. The molecule has 110 valence electrons. The zero-order valence-electron chi connectivity index (χ0n) is 12.7. The fraction of sp³-hybridized carbons (Fsp3) is 0.733. The van der Waals surface area contributed by atoms with Gasteiger partial charge in [0.2, 0.25) is 0 Å². The molecule has 0 saturated carbocycles. The Kier molecular flexibility index (Phi) is 8.30. The van der Waals surface area contributed by atoms with E-state index >= 15 is 0 Å². The van der Waals surface area contributed by atoms with Crippen LogP contribution in [0.1, 0.15) is 30.0 Å². The third-order valence-electron chi connectivity index (χ3n) is 2.88. The Morgan fingerprint density at radius 3 is 2.74 bits per heavy atom. The molecule has 0 saturated heterocycles. The van der Waals surface area contributed by atoms with Gasteiger partial charge < -0.3 is 15.0 Å². The number of rotatable bonds is 10. The highest BCUT2D eigenvalue weighted by atomic mass is 32.1. The van der Waals surface area contributed by atoms with Gasteiger partial charge in [0.25, 0.3) is 0 Å². The topological polar surface area (TPSA) is 24.5 Å². The lowest BCUT2D eigenvalue weighted by Crippen LogP contribution is -2.19. The molecule has 0 bridgehead atoms. The molecule has 19 heavy (non-hydrogen) atoms. The minimum atomic E-state index is 0.714. The predicted molar refractivity (Wildman–Crippen MR) is 83.7 cm³/mol. The van der Waals surface area contributed by atoms with Gasteiger partial charge in [-0.1, -0.05) is 13.8 Å². The molecule has 0 atom stereocenters. The summed E-state index contributed by atoms with van der Waals surface area (Å²) in [6.45, 7) is 9.54. The lowest BCUT2D eigenvalue weighted by molar-refractivity contribution is 0.178. The highest BCUT2D eigenvalue weighted by molar-refractivity contribution is 7.11. The second-order valence-electron chi connectivity index (χ2n) is 5.48. The molecule has 0 spiro atoms. The van der Waals surface area contributed by atoms with Gasteiger partial charge in [0.15, 0.2) is 0 Å². The second-order valence-corrected chi connectivity index (χ2v) is 6.73. The van der Waals surface area contributed by atoms with E-state index in [2.05, 4.69) is 43.2 Å². The molecular formula is C15H28N2OS. The average Bonchev–Trinajstić information content (AvgIpc) is 2.76. The predicted octanol–water partition coefficient (Wildman–Crippen LogP) is 2.96. The molecule has 0 aliphatic heterocycles. The van der Waals surface area contributed by atoms with Crippen molar-refractivity contribution in [3.63, 3.8) is 0 Å². The molecule has 1 N–H and O–H groups in total. The van der Waals surface area contributed by atoms with Gasteiger partial charge in [0.1, 0.15) is 0 Å². The fourth-order valence-corrected chi connectivity index (χ4v) is 2.98. The number of methoxy groups -OCH3 is 1. The summed E-state index contributed by atoms with van der Waals surface area (Å²) in [4.78, 5) is 5.23. The first kappa shape index (κ1) is 16.6. The van der Waals surface area contributed by atoms with Crippen molar-refractivity contribution in [1.29, 1.82) is 0 Å². The van der Waals surface area contributed by atoms with Gasteiger partial charge in [0, 0.05) is 43.1 Å². The lowest BCUT2D eigenvalue weighted by Gasteiger charge is -2.14. The van der Waals surface area contributed by atoms with Crippen LogP contribution in [0.25, 0.3) is 0 Å². The Balaban J connectivity index is 2.25. The fourth-order valence-electron chi connectivity index (χ4n) is 1.91. The van der Waals surface area contributed by atoms with E-state index in [1.807, 2.05) is 11.3 Å². The zero-order chi connectivity index (χ0) is 14.1. The third-order valence-corrected chi connectivity index (χ3v) is 3.95. The summed E-state index contributed by atoms with van der Waals surface area (Å²) in [5, 5.41) is 3.49. The van der Waals surface area contributed by atoms with E-state index in [-0.39, 0.29) is 0 Å². The number of hydrogen-bond donors (Lipinski definition) is 1. The number of nitrogens with zero attached hydrogens (tertiary/aromatic N) is 1. The normalized spacial score (nSPS) is 11.7. The number of nitrogens with one attached hydrogen (secondary N) is 1. The Bertz CT molecular complexity index is 339. The molecule has 1 rings (SSSR count). The summed E-state index contributed by atoms with van der Waals surface area (Å²) in [5.41, 5.74) is 0. The van der Waals surface area contributed by atoms with E-state index in [0.29, 0.717) is 5.92 Å². The molecule has 0 aromatic carbocycles. The van der Waals surface area contributed by atoms with Crippen LogP contribution in [-0.4, -0.2) is 38.8 Å². The maximum Gasteiger partial charge on any atom is 0.0474 e. The number of thiophene rings is 1. The Morgan fingerprint density at radius 1 is 1.32 bits per heavy atom. The van der Waals surface area contributed by atoms with Crippen LogP contribution in [0.3, 0.4) is 0 Å². The number of hydrogen-bond acceptors (Lipinski definition) is 4. The summed E-state index contributed by atoms with van der Waals surface area (Å²) in [7, 11) is 3.93. The van der Waals surface area contributed by atoms with Gasteiger partial charge in [0.05, 0.1) is 0 Å². The molecule has 0 radical (unpaired) electrons. The van der Waals surface area contributed by atoms with E-state index in [0.717, 1.165) is 39.2 Å². The van der Waals surface area contributed by atoms with E-state index in [9.17, 15) is 0 Å². The van der Waals surface area contributed by atoms with E-state index in [4.69, 9.17) is 4.74 Å². The summed E-state index contributed by atoms with van der Waals surface area (Å²) in [5.74, 6) is 0.714. The molecular weight excluding hydrogens is 256 g/mol. The van der Waals surface area contributed by atoms with Gasteiger partial charge in [-0.2, -0.15) is 0 Å². The maximum atomic E-state index is 5.08. The standard InChI is InChI=1S/C15H28N2OS/c1-13(2)10-16-11-14-6-7-15(19-14)12-17(3)8-5-9-18-4/h6-7,13,16H,5,8-12H2,1-4H3. The molecule has 0 aliphatic rings. The molecule has 3 nitrogen and oxygen atoms in total. The Labute approximate surface area is 122 Å². The van der Waals surface area contributed by atoms with Crippen molar-refractivity contribution in [2.45, 2.75) is 33.4 Å². The molecule has 1 aromatic rings. The first-order chi connectivity index (χ1) is 9.11. The van der Waals surface area contributed by atoms with Crippen LogP contribution in [0.4, 0.5) is 0 Å².